The first kappa shape index (κ1) is 23.0. The highest BCUT2D eigenvalue weighted by Gasteiger charge is 2.24. The van der Waals surface area contributed by atoms with Crippen LogP contribution in [-0.4, -0.2) is 35.4 Å². The zero-order valence-electron chi connectivity index (χ0n) is 15.9. The van der Waals surface area contributed by atoms with Gasteiger partial charge in [-0.25, -0.2) is 9.78 Å². The summed E-state index contributed by atoms with van der Waals surface area (Å²) < 4.78 is 6.45. The summed E-state index contributed by atoms with van der Waals surface area (Å²) in [6.07, 6.45) is 1.92. The van der Waals surface area contributed by atoms with Crippen molar-refractivity contribution in [3.8, 4) is 0 Å². The van der Waals surface area contributed by atoms with Crippen LogP contribution in [0.2, 0.25) is 0 Å². The number of carbonyl (C=O) groups excluding carboxylic acids is 3. The first-order chi connectivity index (χ1) is 13.8. The summed E-state index contributed by atoms with van der Waals surface area (Å²) in [4.78, 5) is 41.0. The van der Waals surface area contributed by atoms with Crippen LogP contribution in [0.1, 0.15) is 30.6 Å². The third kappa shape index (κ3) is 7.58. The normalized spacial score (nSPS) is 11.6. The van der Waals surface area contributed by atoms with Crippen molar-refractivity contribution in [3.63, 3.8) is 0 Å². The number of esters is 1. The Morgan fingerprint density at radius 3 is 2.45 bits per heavy atom. The monoisotopic (exact) mass is 525 g/mol. The molecule has 7 nitrogen and oxygen atoms in total. The number of ether oxygens (including phenoxy) is 1. The fourth-order valence-electron chi connectivity index (χ4n) is 2.43. The summed E-state index contributed by atoms with van der Waals surface area (Å²) in [6.45, 7) is 3.37. The molecule has 1 aromatic carbocycles. The molecule has 2 amide bonds. The number of hydrogen-bond acceptors (Lipinski definition) is 5. The predicted octanol–water partition coefficient (Wildman–Crippen LogP) is 3.93. The van der Waals surface area contributed by atoms with Gasteiger partial charge >= 0.3 is 5.97 Å². The maximum absolute atomic E-state index is 12.5. The standard InChI is InChI=1S/C20H21Br2N3O4/c1-12(2)8-16(24-19(27)13-6-4-3-5-7-13)20(28)29-11-17(26)25-18-15(22)9-14(21)10-23-18/h3-7,9-10,12,16H,8,11H2,1-2H3,(H,24,27)(H,23,25,26). The number of pyridine rings is 1. The Bertz CT molecular complexity index is 875. The number of anilines is 1. The Morgan fingerprint density at radius 2 is 1.83 bits per heavy atom. The predicted molar refractivity (Wildman–Crippen MR) is 116 cm³/mol. The fraction of sp³-hybridized carbons (Fsp3) is 0.300. The maximum Gasteiger partial charge on any atom is 0.329 e. The number of halogens is 2. The molecule has 0 aliphatic carbocycles. The van der Waals surface area contributed by atoms with Crippen LogP contribution in [0, 0.1) is 5.92 Å². The minimum Gasteiger partial charge on any atom is -0.454 e. The van der Waals surface area contributed by atoms with Gasteiger partial charge in [-0.3, -0.25) is 9.59 Å². The molecule has 0 aliphatic heterocycles. The molecule has 0 saturated carbocycles. The van der Waals surface area contributed by atoms with Crippen molar-refractivity contribution in [3.05, 3.63) is 57.1 Å². The fourth-order valence-corrected chi connectivity index (χ4v) is 3.52. The molecule has 2 aromatic rings. The van der Waals surface area contributed by atoms with Crippen LogP contribution in [0.3, 0.4) is 0 Å². The second kappa shape index (κ2) is 11.1. The molecule has 29 heavy (non-hydrogen) atoms. The Balaban J connectivity index is 1.94. The molecular formula is C20H21Br2N3O4. The Labute approximate surface area is 185 Å². The zero-order chi connectivity index (χ0) is 21.4. The van der Waals surface area contributed by atoms with Crippen LogP contribution >= 0.6 is 31.9 Å². The largest absolute Gasteiger partial charge is 0.454 e. The molecule has 2 N–H and O–H groups in total. The molecule has 9 heteroatoms. The van der Waals surface area contributed by atoms with E-state index >= 15 is 0 Å². The van der Waals surface area contributed by atoms with Gasteiger partial charge in [-0.2, -0.15) is 0 Å². The van der Waals surface area contributed by atoms with Gasteiger partial charge in [0.2, 0.25) is 0 Å². The molecule has 0 aliphatic rings. The third-order valence-corrected chi connectivity index (χ3v) is 4.78. The van der Waals surface area contributed by atoms with Gasteiger partial charge in [0.15, 0.2) is 6.61 Å². The molecule has 0 fully saturated rings. The SMILES string of the molecule is CC(C)CC(NC(=O)c1ccccc1)C(=O)OCC(=O)Nc1ncc(Br)cc1Br. The number of carbonyl (C=O) groups is 3. The van der Waals surface area contributed by atoms with Crippen molar-refractivity contribution >= 4 is 55.5 Å². The molecule has 1 atom stereocenters. The van der Waals surface area contributed by atoms with Crippen LogP contribution in [-0.2, 0) is 14.3 Å². The van der Waals surface area contributed by atoms with Crippen LogP contribution in [0.25, 0.3) is 0 Å². The van der Waals surface area contributed by atoms with Gasteiger partial charge in [0.1, 0.15) is 11.9 Å². The van der Waals surface area contributed by atoms with Crippen LogP contribution in [0.15, 0.2) is 51.5 Å². The lowest BCUT2D eigenvalue weighted by Gasteiger charge is -2.19. The van der Waals surface area contributed by atoms with Gasteiger partial charge in [0.25, 0.3) is 11.8 Å². The average Bonchev–Trinajstić information content (AvgIpc) is 2.68. The van der Waals surface area contributed by atoms with Crippen molar-refractivity contribution in [2.45, 2.75) is 26.3 Å². The molecule has 1 unspecified atom stereocenters. The number of benzene rings is 1. The van der Waals surface area contributed by atoms with E-state index in [0.29, 0.717) is 22.3 Å². The van der Waals surface area contributed by atoms with E-state index in [1.54, 1.807) is 36.4 Å². The van der Waals surface area contributed by atoms with E-state index in [2.05, 4.69) is 47.5 Å². The Hall–Kier alpha value is -2.26. The summed E-state index contributed by atoms with van der Waals surface area (Å²) in [6, 6.07) is 9.47. The molecular weight excluding hydrogens is 506 g/mol. The zero-order valence-corrected chi connectivity index (χ0v) is 19.1. The van der Waals surface area contributed by atoms with Gasteiger partial charge in [0, 0.05) is 16.2 Å². The first-order valence-electron chi connectivity index (χ1n) is 8.89. The summed E-state index contributed by atoms with van der Waals surface area (Å²) in [5, 5.41) is 5.24. The molecule has 0 bridgehead atoms. The van der Waals surface area contributed by atoms with E-state index in [1.165, 1.54) is 6.20 Å². The van der Waals surface area contributed by atoms with Crippen LogP contribution in [0.5, 0.6) is 0 Å². The highest BCUT2D eigenvalue weighted by Crippen LogP contribution is 2.23. The van der Waals surface area contributed by atoms with E-state index in [4.69, 9.17) is 4.74 Å². The van der Waals surface area contributed by atoms with Crippen LogP contribution < -0.4 is 10.6 Å². The lowest BCUT2D eigenvalue weighted by atomic mass is 10.0. The third-order valence-electron chi connectivity index (χ3n) is 3.74. The highest BCUT2D eigenvalue weighted by atomic mass is 79.9. The molecule has 0 saturated heterocycles. The number of nitrogens with zero attached hydrogens (tertiary/aromatic N) is 1. The second-order valence-electron chi connectivity index (χ2n) is 6.66. The average molecular weight is 527 g/mol. The summed E-state index contributed by atoms with van der Waals surface area (Å²) in [5.74, 6) is -1.13. The van der Waals surface area contributed by atoms with E-state index in [9.17, 15) is 14.4 Å². The smallest absolute Gasteiger partial charge is 0.329 e. The van der Waals surface area contributed by atoms with Gasteiger partial charge in [-0.05, 0) is 62.4 Å². The second-order valence-corrected chi connectivity index (χ2v) is 8.43. The topological polar surface area (TPSA) is 97.4 Å². The van der Waals surface area contributed by atoms with Crippen molar-refractivity contribution in [2.24, 2.45) is 5.92 Å². The summed E-state index contributed by atoms with van der Waals surface area (Å²) in [7, 11) is 0. The van der Waals surface area contributed by atoms with E-state index in [0.717, 1.165) is 4.47 Å². The molecule has 154 valence electrons. The first-order valence-corrected chi connectivity index (χ1v) is 10.5. The minimum absolute atomic E-state index is 0.139. The number of hydrogen-bond donors (Lipinski definition) is 2. The number of rotatable bonds is 8. The molecule has 0 spiro atoms. The summed E-state index contributed by atoms with van der Waals surface area (Å²) >= 11 is 6.57. The number of aromatic nitrogens is 1. The van der Waals surface area contributed by atoms with E-state index < -0.39 is 24.5 Å². The highest BCUT2D eigenvalue weighted by molar-refractivity contribution is 9.11. The van der Waals surface area contributed by atoms with Gasteiger partial charge in [-0.1, -0.05) is 32.0 Å². The lowest BCUT2D eigenvalue weighted by molar-refractivity contribution is -0.149. The van der Waals surface area contributed by atoms with Crippen molar-refractivity contribution < 1.29 is 19.1 Å². The van der Waals surface area contributed by atoms with Crippen molar-refractivity contribution in [2.75, 3.05) is 11.9 Å². The minimum atomic E-state index is -0.854. The number of nitrogens with one attached hydrogen (secondary N) is 2. The Kier molecular flexibility index (Phi) is 8.78. The molecule has 0 radical (unpaired) electrons. The molecule has 2 rings (SSSR count). The summed E-state index contributed by atoms with van der Waals surface area (Å²) in [5.41, 5.74) is 0.443. The van der Waals surface area contributed by atoms with Gasteiger partial charge < -0.3 is 15.4 Å². The van der Waals surface area contributed by atoms with Gasteiger partial charge in [0.05, 0.1) is 4.47 Å². The Morgan fingerprint density at radius 1 is 1.14 bits per heavy atom. The number of amides is 2. The van der Waals surface area contributed by atoms with E-state index in [1.807, 2.05) is 13.8 Å². The van der Waals surface area contributed by atoms with Crippen molar-refractivity contribution in [1.82, 2.24) is 10.3 Å². The maximum atomic E-state index is 12.5. The van der Waals surface area contributed by atoms with Crippen molar-refractivity contribution in [1.29, 1.82) is 0 Å². The van der Waals surface area contributed by atoms with E-state index in [-0.39, 0.29) is 11.8 Å². The lowest BCUT2D eigenvalue weighted by Crippen LogP contribution is -2.43. The quantitative estimate of drug-likeness (QED) is 0.508. The molecule has 1 aromatic heterocycles. The molecule has 1 heterocycles. The van der Waals surface area contributed by atoms with Gasteiger partial charge in [-0.15, -0.1) is 0 Å². The van der Waals surface area contributed by atoms with Crippen LogP contribution in [0.4, 0.5) is 5.82 Å².